The third-order valence-electron chi connectivity index (χ3n) is 9.98. The fourth-order valence-corrected chi connectivity index (χ4v) is 8.75. The number of rotatable bonds is 12. The number of nitrogens with two attached hydrogens (primary N) is 1. The Morgan fingerprint density at radius 1 is 0.811 bits per heavy atom. The summed E-state index contributed by atoms with van der Waals surface area (Å²) in [6, 6.07) is 11.4. The van der Waals surface area contributed by atoms with Gasteiger partial charge in [0.15, 0.2) is 0 Å². The van der Waals surface area contributed by atoms with Gasteiger partial charge in [-0.25, -0.2) is 13.2 Å². The highest BCUT2D eigenvalue weighted by Crippen LogP contribution is 2.44. The SMILES string of the molecule is NC1CC2CCC(C1)N2C(=O)[C@H](N(OC(=O)C(F)(F)F)S(=O)(=O)c1ccc(OCC2CCCCC2)cc1)C(F)(F)c1cccc(Oc2ccccc2)c1. The fourth-order valence-electron chi connectivity index (χ4n) is 7.40. The van der Waals surface area contributed by atoms with E-state index in [1.54, 1.807) is 30.3 Å². The molecule has 16 heteroatoms. The highest BCUT2D eigenvalue weighted by molar-refractivity contribution is 7.89. The molecule has 3 atom stereocenters. The van der Waals surface area contributed by atoms with Gasteiger partial charge >= 0.3 is 18.1 Å². The van der Waals surface area contributed by atoms with Crippen molar-refractivity contribution in [1.29, 1.82) is 0 Å². The molecule has 0 radical (unpaired) electrons. The number of hydrogen-bond donors (Lipinski definition) is 1. The molecular weight excluding hydrogens is 725 g/mol. The van der Waals surface area contributed by atoms with Crippen LogP contribution in [0.5, 0.6) is 17.2 Å². The Morgan fingerprint density at radius 3 is 2.06 bits per heavy atom. The van der Waals surface area contributed by atoms with Crippen LogP contribution in [0, 0.1) is 5.92 Å². The number of ether oxygens (including phenoxy) is 2. The number of amides is 1. The number of fused-ring (bicyclic) bond motifs is 2. The number of nitrogens with zero attached hydrogens (tertiary/aromatic N) is 2. The summed E-state index contributed by atoms with van der Waals surface area (Å²) < 4.78 is 115. The maximum absolute atomic E-state index is 17.2. The normalized spacial score (nSPS) is 21.6. The van der Waals surface area contributed by atoms with Gasteiger partial charge in [-0.05, 0) is 97.4 Å². The smallest absolute Gasteiger partial charge is 0.492 e. The van der Waals surface area contributed by atoms with Crippen molar-refractivity contribution in [3.63, 3.8) is 0 Å². The van der Waals surface area contributed by atoms with Crippen LogP contribution in [0.4, 0.5) is 22.0 Å². The van der Waals surface area contributed by atoms with Crippen molar-refractivity contribution in [3.05, 3.63) is 84.4 Å². The van der Waals surface area contributed by atoms with Gasteiger partial charge in [0, 0.05) is 23.7 Å². The molecule has 3 aromatic rings. The number of carbonyl (C=O) groups is 2. The van der Waals surface area contributed by atoms with Gasteiger partial charge < -0.3 is 24.9 Å². The summed E-state index contributed by atoms with van der Waals surface area (Å²) in [6.07, 6.45) is 0.408. The van der Waals surface area contributed by atoms with E-state index in [2.05, 4.69) is 4.84 Å². The molecule has 2 unspecified atom stereocenters. The number of benzene rings is 3. The molecule has 1 saturated carbocycles. The van der Waals surface area contributed by atoms with Crippen molar-refractivity contribution < 1.29 is 54.3 Å². The van der Waals surface area contributed by atoms with E-state index in [9.17, 15) is 31.2 Å². The molecule has 3 fully saturated rings. The number of alkyl halides is 5. The van der Waals surface area contributed by atoms with Crippen LogP contribution in [0.15, 0.2) is 83.8 Å². The molecule has 3 aromatic carbocycles. The standard InChI is InChI=1S/C37H40F5N3O7S/c38-36(39,25-10-7-13-31(20-25)51-30-11-5-2-6-12-30)33(34(46)44-27-14-15-28(44)22-26(43)21-27)45(52-35(47)37(40,41)42)53(48,49)32-18-16-29(17-19-32)50-23-24-8-3-1-4-9-24/h2,5-7,10-13,16-20,24,26-28,33H,1,3-4,8-9,14-15,21-23,43H2/t26?,27?,28?,33-/m0/s1. The number of hydrogen-bond acceptors (Lipinski definition) is 8. The summed E-state index contributed by atoms with van der Waals surface area (Å²) in [7, 11) is -5.62. The summed E-state index contributed by atoms with van der Waals surface area (Å²) in [5.74, 6) is -8.64. The zero-order valence-electron chi connectivity index (χ0n) is 28.6. The number of carbonyl (C=O) groups excluding carboxylic acids is 2. The molecule has 10 nitrogen and oxygen atoms in total. The lowest BCUT2D eigenvalue weighted by Crippen LogP contribution is -2.62. The minimum Gasteiger partial charge on any atom is -0.493 e. The summed E-state index contributed by atoms with van der Waals surface area (Å²) in [4.78, 5) is 31.5. The molecule has 6 rings (SSSR count). The lowest BCUT2D eigenvalue weighted by molar-refractivity contribution is -0.240. The van der Waals surface area contributed by atoms with Gasteiger partial charge in [-0.1, -0.05) is 49.6 Å². The third-order valence-corrected chi connectivity index (χ3v) is 11.6. The van der Waals surface area contributed by atoms with Crippen molar-refractivity contribution >= 4 is 21.9 Å². The number of sulfonamides is 1. The molecule has 3 aliphatic rings. The first-order valence-corrected chi connectivity index (χ1v) is 18.9. The van der Waals surface area contributed by atoms with Gasteiger partial charge in [0.2, 0.25) is 6.04 Å². The van der Waals surface area contributed by atoms with Gasteiger partial charge in [-0.2, -0.15) is 22.0 Å². The fraction of sp³-hybridized carbons (Fsp3) is 0.459. The first kappa shape index (κ1) is 38.4. The topological polar surface area (TPSA) is 128 Å². The Balaban J connectivity index is 1.41. The Labute approximate surface area is 304 Å². The Kier molecular flexibility index (Phi) is 11.3. The van der Waals surface area contributed by atoms with E-state index in [0.29, 0.717) is 19.4 Å². The van der Waals surface area contributed by atoms with Crippen molar-refractivity contribution in [3.8, 4) is 17.2 Å². The molecule has 53 heavy (non-hydrogen) atoms. The summed E-state index contributed by atoms with van der Waals surface area (Å²) in [5, 5.41) is 0. The van der Waals surface area contributed by atoms with Crippen LogP contribution in [-0.2, 0) is 30.4 Å². The first-order chi connectivity index (χ1) is 25.1. The van der Waals surface area contributed by atoms with E-state index in [1.807, 2.05) is 0 Å². The molecule has 1 aliphatic carbocycles. The molecule has 1 amide bonds. The minimum atomic E-state index is -5.83. The van der Waals surface area contributed by atoms with Crippen LogP contribution in [0.2, 0.25) is 0 Å². The molecule has 2 N–H and O–H groups in total. The molecule has 0 spiro atoms. The molecular formula is C37H40F5N3O7S. The molecule has 2 heterocycles. The number of hydroxylamine groups is 1. The number of piperidine rings is 1. The molecule has 286 valence electrons. The molecule has 2 saturated heterocycles. The number of para-hydroxylation sites is 1. The van der Waals surface area contributed by atoms with Crippen LogP contribution in [0.3, 0.4) is 0 Å². The average Bonchev–Trinajstić information content (AvgIpc) is 3.41. The predicted molar refractivity (Wildman–Crippen MR) is 181 cm³/mol. The zero-order chi connectivity index (χ0) is 38.0. The van der Waals surface area contributed by atoms with Gasteiger partial charge in [0.25, 0.3) is 15.9 Å². The molecule has 2 bridgehead atoms. The number of halogens is 5. The highest BCUT2D eigenvalue weighted by Gasteiger charge is 2.60. The largest absolute Gasteiger partial charge is 0.493 e. The van der Waals surface area contributed by atoms with E-state index in [4.69, 9.17) is 15.2 Å². The second-order valence-electron chi connectivity index (χ2n) is 13.8. The first-order valence-electron chi connectivity index (χ1n) is 17.5. The van der Waals surface area contributed by atoms with Crippen LogP contribution < -0.4 is 15.2 Å². The van der Waals surface area contributed by atoms with Crippen LogP contribution >= 0.6 is 0 Å². The predicted octanol–water partition coefficient (Wildman–Crippen LogP) is 7.09. The zero-order valence-corrected chi connectivity index (χ0v) is 29.4. The Morgan fingerprint density at radius 2 is 1.43 bits per heavy atom. The monoisotopic (exact) mass is 765 g/mol. The van der Waals surface area contributed by atoms with Crippen molar-refractivity contribution in [2.75, 3.05) is 6.61 Å². The third kappa shape index (κ3) is 8.60. The molecule has 0 aromatic heterocycles. The summed E-state index contributed by atoms with van der Waals surface area (Å²) >= 11 is 0. The lowest BCUT2D eigenvalue weighted by Gasteiger charge is -2.42. The molecule has 2 aliphatic heterocycles. The summed E-state index contributed by atoms with van der Waals surface area (Å²) in [5.41, 5.74) is 5.15. The van der Waals surface area contributed by atoms with Crippen molar-refractivity contribution in [1.82, 2.24) is 9.37 Å². The van der Waals surface area contributed by atoms with Gasteiger partial charge in [0.05, 0.1) is 11.5 Å². The minimum absolute atomic E-state index is 0.144. The van der Waals surface area contributed by atoms with Crippen LogP contribution in [-0.4, -0.2) is 66.6 Å². The van der Waals surface area contributed by atoms with Gasteiger partial charge in [0.1, 0.15) is 17.2 Å². The van der Waals surface area contributed by atoms with E-state index >= 15 is 8.78 Å². The summed E-state index contributed by atoms with van der Waals surface area (Å²) in [6.45, 7) is 0.346. The van der Waals surface area contributed by atoms with E-state index in [1.165, 1.54) is 18.2 Å². The van der Waals surface area contributed by atoms with Gasteiger partial charge in [-0.3, -0.25) is 4.79 Å². The quantitative estimate of drug-likeness (QED) is 0.153. The van der Waals surface area contributed by atoms with Gasteiger partial charge in [-0.15, -0.1) is 0 Å². The van der Waals surface area contributed by atoms with E-state index < -0.39 is 67.1 Å². The lowest BCUT2D eigenvalue weighted by atomic mass is 9.90. The highest BCUT2D eigenvalue weighted by atomic mass is 32.2. The van der Waals surface area contributed by atoms with Crippen LogP contribution in [0.25, 0.3) is 0 Å². The van der Waals surface area contributed by atoms with Crippen molar-refractivity contribution in [2.45, 2.75) is 98.9 Å². The van der Waals surface area contributed by atoms with Crippen molar-refractivity contribution in [2.24, 2.45) is 11.7 Å². The average molecular weight is 766 g/mol. The second kappa shape index (κ2) is 15.6. The maximum atomic E-state index is 17.2. The maximum Gasteiger partial charge on any atom is 0.492 e. The Hall–Kier alpha value is -4.28. The van der Waals surface area contributed by atoms with Crippen LogP contribution in [0.1, 0.15) is 63.4 Å². The van der Waals surface area contributed by atoms with E-state index in [0.717, 1.165) is 67.3 Å². The second-order valence-corrected chi connectivity index (χ2v) is 15.5. The van der Waals surface area contributed by atoms with E-state index in [-0.39, 0.29) is 42.0 Å². The Bertz CT molecular complexity index is 1840.